The minimum atomic E-state index is 0.221. The fourth-order valence-corrected chi connectivity index (χ4v) is 3.74. The number of hydrogen-bond donors (Lipinski definition) is 1. The minimum absolute atomic E-state index is 0.221. The molecule has 1 heterocycles. The van der Waals surface area contributed by atoms with E-state index in [-0.39, 0.29) is 5.41 Å². The molecular formula is C14H28N2O. The lowest BCUT2D eigenvalue weighted by molar-refractivity contribution is 0.0832. The van der Waals surface area contributed by atoms with Crippen LogP contribution in [0.1, 0.15) is 32.1 Å². The summed E-state index contributed by atoms with van der Waals surface area (Å²) >= 11 is 0. The van der Waals surface area contributed by atoms with Crippen LogP contribution in [0.4, 0.5) is 0 Å². The first-order chi connectivity index (χ1) is 8.13. The van der Waals surface area contributed by atoms with E-state index in [9.17, 15) is 5.11 Å². The van der Waals surface area contributed by atoms with Gasteiger partial charge in [-0.2, -0.15) is 0 Å². The second-order valence-corrected chi connectivity index (χ2v) is 6.48. The fourth-order valence-electron chi connectivity index (χ4n) is 3.74. The van der Waals surface area contributed by atoms with Crippen molar-refractivity contribution in [3.05, 3.63) is 0 Å². The van der Waals surface area contributed by atoms with E-state index in [1.54, 1.807) is 0 Å². The maximum absolute atomic E-state index is 9.63. The van der Waals surface area contributed by atoms with Gasteiger partial charge in [0.05, 0.1) is 0 Å². The molecule has 1 atom stereocenters. The van der Waals surface area contributed by atoms with Crippen molar-refractivity contribution in [3.63, 3.8) is 0 Å². The molecule has 0 bridgehead atoms. The van der Waals surface area contributed by atoms with Gasteiger partial charge in [-0.15, -0.1) is 0 Å². The van der Waals surface area contributed by atoms with E-state index >= 15 is 0 Å². The van der Waals surface area contributed by atoms with Gasteiger partial charge in [-0.1, -0.05) is 12.8 Å². The fraction of sp³-hybridized carbons (Fsp3) is 1.00. The van der Waals surface area contributed by atoms with Crippen molar-refractivity contribution in [3.8, 4) is 0 Å². The molecule has 1 saturated carbocycles. The summed E-state index contributed by atoms with van der Waals surface area (Å²) in [6, 6.07) is 0. The van der Waals surface area contributed by atoms with Gasteiger partial charge < -0.3 is 14.9 Å². The number of aliphatic hydroxyl groups is 1. The van der Waals surface area contributed by atoms with Gasteiger partial charge in [-0.25, -0.2) is 0 Å². The summed E-state index contributed by atoms with van der Waals surface area (Å²) in [5.41, 5.74) is 0.221. The Bertz CT molecular complexity index is 238. The number of nitrogens with zero attached hydrogens (tertiary/aromatic N) is 2. The molecule has 0 spiro atoms. The zero-order valence-electron chi connectivity index (χ0n) is 11.5. The molecule has 3 heteroatoms. The first kappa shape index (κ1) is 13.3. The molecular weight excluding hydrogens is 212 g/mol. The normalized spacial score (nSPS) is 29.3. The quantitative estimate of drug-likeness (QED) is 0.787. The second kappa shape index (κ2) is 5.68. The van der Waals surface area contributed by atoms with Gasteiger partial charge in [0.2, 0.25) is 0 Å². The van der Waals surface area contributed by atoms with E-state index in [1.165, 1.54) is 51.7 Å². The van der Waals surface area contributed by atoms with Crippen LogP contribution in [0.3, 0.4) is 0 Å². The standard InChI is InChI=1S/C14H28N2O/c1-15-8-5-13(9-15)10-16(2)11-14(12-17)6-3-4-7-14/h13,17H,3-12H2,1-2H3. The number of hydrogen-bond acceptors (Lipinski definition) is 3. The lowest BCUT2D eigenvalue weighted by atomic mass is 9.86. The van der Waals surface area contributed by atoms with E-state index < -0.39 is 0 Å². The topological polar surface area (TPSA) is 26.7 Å². The molecule has 17 heavy (non-hydrogen) atoms. The highest BCUT2D eigenvalue weighted by molar-refractivity contribution is 4.87. The molecule has 0 aromatic rings. The molecule has 2 rings (SSSR count). The highest BCUT2D eigenvalue weighted by atomic mass is 16.3. The van der Waals surface area contributed by atoms with Crippen molar-refractivity contribution in [2.75, 3.05) is 46.9 Å². The lowest BCUT2D eigenvalue weighted by Crippen LogP contribution is -2.39. The van der Waals surface area contributed by atoms with Crippen molar-refractivity contribution < 1.29 is 5.11 Å². The predicted octanol–water partition coefficient (Wildman–Crippen LogP) is 1.42. The summed E-state index contributed by atoms with van der Waals surface area (Å²) in [4.78, 5) is 4.89. The van der Waals surface area contributed by atoms with Crippen LogP contribution in [0.5, 0.6) is 0 Å². The van der Waals surface area contributed by atoms with Gasteiger partial charge in [0.15, 0.2) is 0 Å². The zero-order chi connectivity index (χ0) is 12.3. The van der Waals surface area contributed by atoms with E-state index in [4.69, 9.17) is 0 Å². The zero-order valence-corrected chi connectivity index (χ0v) is 11.5. The third-order valence-corrected chi connectivity index (χ3v) is 4.66. The smallest absolute Gasteiger partial charge is 0.0499 e. The molecule has 1 N–H and O–H groups in total. The summed E-state index contributed by atoms with van der Waals surface area (Å²) in [5, 5.41) is 9.63. The van der Waals surface area contributed by atoms with Crippen molar-refractivity contribution in [1.29, 1.82) is 0 Å². The van der Waals surface area contributed by atoms with Gasteiger partial charge in [-0.05, 0) is 45.8 Å². The molecule has 0 aromatic heterocycles. The SMILES string of the molecule is CN1CCC(CN(C)CC2(CO)CCCC2)C1. The van der Waals surface area contributed by atoms with Gasteiger partial charge in [0, 0.05) is 31.7 Å². The van der Waals surface area contributed by atoms with Crippen LogP contribution >= 0.6 is 0 Å². The van der Waals surface area contributed by atoms with Crippen molar-refractivity contribution in [2.45, 2.75) is 32.1 Å². The highest BCUT2D eigenvalue weighted by Gasteiger charge is 2.34. The molecule has 0 aromatic carbocycles. The van der Waals surface area contributed by atoms with E-state index in [0.717, 1.165) is 12.5 Å². The van der Waals surface area contributed by atoms with E-state index in [1.807, 2.05) is 0 Å². The lowest BCUT2D eigenvalue weighted by Gasteiger charge is -2.33. The van der Waals surface area contributed by atoms with Crippen LogP contribution in [0.25, 0.3) is 0 Å². The number of rotatable bonds is 5. The Balaban J connectivity index is 1.78. The Kier molecular flexibility index (Phi) is 4.45. The molecule has 100 valence electrons. The van der Waals surface area contributed by atoms with Crippen molar-refractivity contribution >= 4 is 0 Å². The second-order valence-electron chi connectivity index (χ2n) is 6.48. The van der Waals surface area contributed by atoms with Gasteiger partial charge in [0.25, 0.3) is 0 Å². The van der Waals surface area contributed by atoms with Crippen LogP contribution in [-0.2, 0) is 0 Å². The average Bonchev–Trinajstić information content (AvgIpc) is 2.89. The van der Waals surface area contributed by atoms with Crippen LogP contribution in [0.15, 0.2) is 0 Å². The minimum Gasteiger partial charge on any atom is -0.396 e. The van der Waals surface area contributed by atoms with Crippen molar-refractivity contribution in [1.82, 2.24) is 9.80 Å². The number of aliphatic hydroxyl groups excluding tert-OH is 1. The molecule has 0 amide bonds. The summed E-state index contributed by atoms with van der Waals surface area (Å²) in [7, 11) is 4.44. The Morgan fingerprint density at radius 3 is 2.59 bits per heavy atom. The van der Waals surface area contributed by atoms with E-state index in [2.05, 4.69) is 23.9 Å². The van der Waals surface area contributed by atoms with Crippen LogP contribution < -0.4 is 0 Å². The molecule has 1 saturated heterocycles. The largest absolute Gasteiger partial charge is 0.396 e. The summed E-state index contributed by atoms with van der Waals surface area (Å²) in [6.45, 7) is 5.16. The Labute approximate surface area is 106 Å². The monoisotopic (exact) mass is 240 g/mol. The average molecular weight is 240 g/mol. The van der Waals surface area contributed by atoms with Gasteiger partial charge >= 0.3 is 0 Å². The maximum Gasteiger partial charge on any atom is 0.0499 e. The molecule has 2 fully saturated rings. The molecule has 1 aliphatic carbocycles. The van der Waals surface area contributed by atoms with Gasteiger partial charge in [0.1, 0.15) is 0 Å². The first-order valence-electron chi connectivity index (χ1n) is 7.11. The first-order valence-corrected chi connectivity index (χ1v) is 7.11. The molecule has 3 nitrogen and oxygen atoms in total. The molecule has 1 aliphatic heterocycles. The summed E-state index contributed by atoms with van der Waals surface area (Å²) < 4.78 is 0. The van der Waals surface area contributed by atoms with Crippen LogP contribution in [-0.4, -0.2) is 61.8 Å². The summed E-state index contributed by atoms with van der Waals surface area (Å²) in [6.07, 6.45) is 6.39. The third-order valence-electron chi connectivity index (χ3n) is 4.66. The maximum atomic E-state index is 9.63. The molecule has 0 radical (unpaired) electrons. The molecule has 2 aliphatic rings. The number of likely N-dealkylation sites (tertiary alicyclic amines) is 1. The highest BCUT2D eigenvalue weighted by Crippen LogP contribution is 2.38. The van der Waals surface area contributed by atoms with Crippen molar-refractivity contribution in [2.24, 2.45) is 11.3 Å². The van der Waals surface area contributed by atoms with Crippen LogP contribution in [0.2, 0.25) is 0 Å². The Hall–Kier alpha value is -0.120. The Morgan fingerprint density at radius 1 is 1.35 bits per heavy atom. The Morgan fingerprint density at radius 2 is 2.06 bits per heavy atom. The predicted molar refractivity (Wildman–Crippen MR) is 71.1 cm³/mol. The van der Waals surface area contributed by atoms with Crippen LogP contribution in [0, 0.1) is 11.3 Å². The van der Waals surface area contributed by atoms with E-state index in [0.29, 0.717) is 6.61 Å². The van der Waals surface area contributed by atoms with Gasteiger partial charge in [-0.3, -0.25) is 0 Å². The molecule has 1 unspecified atom stereocenters. The third kappa shape index (κ3) is 3.43. The summed E-state index contributed by atoms with van der Waals surface area (Å²) in [5.74, 6) is 0.835.